The molecule has 15 heteroatoms. The number of anilines is 3. The van der Waals surface area contributed by atoms with Gasteiger partial charge in [-0.1, -0.05) is 12.1 Å². The van der Waals surface area contributed by atoms with E-state index >= 15 is 0 Å². The van der Waals surface area contributed by atoms with E-state index in [1.807, 2.05) is 84.9 Å². The number of rotatable bonds is 28. The van der Waals surface area contributed by atoms with Crippen molar-refractivity contribution in [1.82, 2.24) is 0 Å². The maximum absolute atomic E-state index is 6.89. The lowest BCUT2D eigenvalue weighted by molar-refractivity contribution is -0.367. The van der Waals surface area contributed by atoms with E-state index in [9.17, 15) is 0 Å². The molecule has 0 aliphatic carbocycles. The Morgan fingerprint density at radius 1 is 0.354 bits per heavy atom. The largest absolute Gasteiger partial charge is 0.611 e. The van der Waals surface area contributed by atoms with Gasteiger partial charge in [0.15, 0.2) is 0 Å². The van der Waals surface area contributed by atoms with Crippen LogP contribution in [0.5, 0.6) is 23.0 Å². The average Bonchev–Trinajstić information content (AvgIpc) is 4.13. The minimum absolute atomic E-state index is 0.225. The van der Waals surface area contributed by atoms with Gasteiger partial charge in [-0.05, 0) is 109 Å². The van der Waals surface area contributed by atoms with Crippen molar-refractivity contribution in [3.05, 3.63) is 103 Å². The normalized spacial score (nSPS) is 28.5. The molecule has 0 aromatic heterocycles. The zero-order valence-electron chi connectivity index (χ0n) is 36.5. The summed E-state index contributed by atoms with van der Waals surface area (Å²) in [5.74, 6) is 2.26. The van der Waals surface area contributed by atoms with Gasteiger partial charge < -0.3 is 71.5 Å². The van der Waals surface area contributed by atoms with Gasteiger partial charge in [-0.2, -0.15) is 0 Å². The van der Waals surface area contributed by atoms with Crippen LogP contribution in [0.15, 0.2) is 97.1 Å². The van der Waals surface area contributed by atoms with Gasteiger partial charge in [0.1, 0.15) is 23.0 Å². The molecule has 8 unspecified atom stereocenters. The Balaban J connectivity index is 0.866. The molecular weight excluding hydrogens is 835 g/mol. The van der Waals surface area contributed by atoms with Crippen molar-refractivity contribution < 1.29 is 56.8 Å². The summed E-state index contributed by atoms with van der Waals surface area (Å²) in [6.07, 6.45) is 1.72. The van der Waals surface area contributed by atoms with E-state index in [2.05, 4.69) is 26.8 Å². The van der Waals surface area contributed by atoms with Crippen LogP contribution in [0.2, 0.25) is 0 Å². The summed E-state index contributed by atoms with van der Waals surface area (Å²) in [4.78, 5) is 6.92. The topological polar surface area (TPSA) is 147 Å². The van der Waals surface area contributed by atoms with Crippen LogP contribution in [0.4, 0.5) is 17.1 Å². The maximum Gasteiger partial charge on any atom is 0.611 e. The van der Waals surface area contributed by atoms with Crippen molar-refractivity contribution >= 4 is 17.1 Å². The molecule has 8 fully saturated rings. The number of hydrogen-bond donors (Lipinski definition) is 0. The molecule has 8 aliphatic rings. The van der Waals surface area contributed by atoms with E-state index in [4.69, 9.17) is 56.8 Å². The molecule has 0 N–H and O–H groups in total. The monoisotopic (exact) mass is 891 g/mol. The number of epoxide rings is 8. The maximum atomic E-state index is 6.89. The van der Waals surface area contributed by atoms with Gasteiger partial charge in [0, 0.05) is 56.3 Å². The Labute approximate surface area is 379 Å². The molecule has 0 amide bonds. The SMILES string of the molecule is c1cc(C(CC2CO2)CC2CO2)ccc1OC(Oc1ccc(N(CC2CO2)CC2CO2)cc1)(Oc1ccc(N(CC2CO2)CC2CO2)cc1)Oc1ccc(N(CC2CO2)CC2CO2)cc1. The first-order chi connectivity index (χ1) is 32.0. The van der Waals surface area contributed by atoms with E-state index in [0.29, 0.717) is 41.1 Å². The molecule has 0 spiro atoms. The summed E-state index contributed by atoms with van der Waals surface area (Å²) in [5.41, 5.74) is 4.32. The molecule has 12 rings (SSSR count). The zero-order valence-corrected chi connectivity index (χ0v) is 36.5. The van der Waals surface area contributed by atoms with Gasteiger partial charge >= 0.3 is 6.16 Å². The fourth-order valence-corrected chi connectivity index (χ4v) is 8.47. The fourth-order valence-electron chi connectivity index (χ4n) is 8.47. The van der Waals surface area contributed by atoms with E-state index in [-0.39, 0.29) is 36.6 Å². The van der Waals surface area contributed by atoms with Crippen LogP contribution in [0.1, 0.15) is 24.3 Å². The molecule has 4 aromatic carbocycles. The van der Waals surface area contributed by atoms with Gasteiger partial charge in [-0.15, -0.1) is 0 Å². The van der Waals surface area contributed by atoms with Gasteiger partial charge in [0.2, 0.25) is 0 Å². The summed E-state index contributed by atoms with van der Waals surface area (Å²) in [6.45, 7) is 11.0. The standard InChI is InChI=1S/C50H57N3O12/c1-9-38(10-2-33(1)34(17-42-25-54-42)18-43-26-55-43)62-50(63-39-11-3-35(4-12-39)51(19-44-27-56-44)20-45-28-57-45,64-40-13-5-36(6-14-40)52(21-46-29-58-46)22-47-30-59-47)65-41-15-7-37(8-16-41)53(23-48-31-60-48)24-49-32-61-49/h1-16,34,42-49H,17-32H2. The van der Waals surface area contributed by atoms with Crippen molar-refractivity contribution in [2.75, 3.05) is 107 Å². The molecule has 8 saturated heterocycles. The van der Waals surface area contributed by atoms with E-state index in [1.165, 1.54) is 5.56 Å². The molecule has 0 radical (unpaired) electrons. The number of ether oxygens (including phenoxy) is 12. The predicted octanol–water partition coefficient (Wildman–Crippen LogP) is 5.39. The molecule has 0 bridgehead atoms. The molecule has 65 heavy (non-hydrogen) atoms. The molecule has 15 nitrogen and oxygen atoms in total. The summed E-state index contributed by atoms with van der Waals surface area (Å²) in [5, 5.41) is 0. The summed E-state index contributed by atoms with van der Waals surface area (Å²) >= 11 is 0. The molecule has 8 aliphatic heterocycles. The van der Waals surface area contributed by atoms with Gasteiger partial charge in [0.25, 0.3) is 0 Å². The highest BCUT2D eigenvalue weighted by Crippen LogP contribution is 2.38. The van der Waals surface area contributed by atoms with Crippen LogP contribution in [0, 0.1) is 0 Å². The fraction of sp³-hybridized carbons (Fsp3) is 0.520. The Morgan fingerprint density at radius 3 is 0.815 bits per heavy atom. The second-order valence-electron chi connectivity index (χ2n) is 18.5. The van der Waals surface area contributed by atoms with Crippen LogP contribution in [0.25, 0.3) is 0 Å². The van der Waals surface area contributed by atoms with Crippen LogP contribution in [-0.2, 0) is 37.9 Å². The summed E-state index contributed by atoms with van der Waals surface area (Å²) in [6, 6.07) is 31.9. The third-order valence-corrected chi connectivity index (χ3v) is 12.8. The summed E-state index contributed by atoms with van der Waals surface area (Å²) in [7, 11) is 0. The van der Waals surface area contributed by atoms with Crippen LogP contribution in [-0.4, -0.2) is 147 Å². The molecule has 344 valence electrons. The van der Waals surface area contributed by atoms with Crippen LogP contribution < -0.4 is 33.6 Å². The highest BCUT2D eigenvalue weighted by molar-refractivity contribution is 5.52. The van der Waals surface area contributed by atoms with Gasteiger partial charge in [0.05, 0.1) is 102 Å². The zero-order chi connectivity index (χ0) is 43.2. The van der Waals surface area contributed by atoms with Crippen molar-refractivity contribution in [2.45, 2.75) is 73.8 Å². The van der Waals surface area contributed by atoms with E-state index in [0.717, 1.165) is 122 Å². The first kappa shape index (κ1) is 41.6. The smallest absolute Gasteiger partial charge is 0.386 e. The third kappa shape index (κ3) is 12.0. The molecule has 0 saturated carbocycles. The lowest BCUT2D eigenvalue weighted by Crippen LogP contribution is -2.53. The minimum atomic E-state index is -2.13. The molecular formula is C50H57N3O12. The Kier molecular flexibility index (Phi) is 11.6. The molecule has 4 aromatic rings. The number of hydrogen-bond acceptors (Lipinski definition) is 15. The third-order valence-electron chi connectivity index (χ3n) is 12.8. The van der Waals surface area contributed by atoms with E-state index < -0.39 is 6.16 Å². The molecule has 8 atom stereocenters. The number of benzene rings is 4. The lowest BCUT2D eigenvalue weighted by atomic mass is 9.90. The highest BCUT2D eigenvalue weighted by atomic mass is 17.0. The highest BCUT2D eigenvalue weighted by Gasteiger charge is 2.45. The van der Waals surface area contributed by atoms with Crippen molar-refractivity contribution in [2.24, 2.45) is 0 Å². The van der Waals surface area contributed by atoms with E-state index in [1.54, 1.807) is 0 Å². The van der Waals surface area contributed by atoms with Crippen LogP contribution >= 0.6 is 0 Å². The van der Waals surface area contributed by atoms with Crippen molar-refractivity contribution in [3.8, 4) is 23.0 Å². The Hall–Kier alpha value is -4.84. The lowest BCUT2D eigenvalue weighted by Gasteiger charge is -2.33. The van der Waals surface area contributed by atoms with Crippen LogP contribution in [0.3, 0.4) is 0 Å². The van der Waals surface area contributed by atoms with Crippen molar-refractivity contribution in [3.63, 3.8) is 0 Å². The minimum Gasteiger partial charge on any atom is -0.386 e. The van der Waals surface area contributed by atoms with Gasteiger partial charge in [-0.25, -0.2) is 0 Å². The Bertz CT molecular complexity index is 1810. The second kappa shape index (κ2) is 18.1. The first-order valence-corrected chi connectivity index (χ1v) is 23.3. The quantitative estimate of drug-likeness (QED) is 0.0531. The van der Waals surface area contributed by atoms with Crippen molar-refractivity contribution in [1.29, 1.82) is 0 Å². The first-order valence-electron chi connectivity index (χ1n) is 23.3. The molecule has 8 heterocycles. The summed E-state index contributed by atoms with van der Waals surface area (Å²) < 4.78 is 72.4. The predicted molar refractivity (Wildman–Crippen MR) is 238 cm³/mol. The second-order valence-corrected chi connectivity index (χ2v) is 18.5. The average molecular weight is 892 g/mol. The van der Waals surface area contributed by atoms with Gasteiger partial charge in [-0.3, -0.25) is 0 Å². The Morgan fingerprint density at radius 2 is 0.585 bits per heavy atom. The number of nitrogens with zero attached hydrogens (tertiary/aromatic N) is 3.